The van der Waals surface area contributed by atoms with Crippen LogP contribution in [0.3, 0.4) is 0 Å². The topological polar surface area (TPSA) is 30.7 Å². The molecule has 0 spiro atoms. The monoisotopic (exact) mass is 231 g/mol. The highest BCUT2D eigenvalue weighted by molar-refractivity contribution is 5.81. The van der Waals surface area contributed by atoms with E-state index in [1.165, 1.54) is 23.9 Å². The standard InChI is InChI=1S/C14H21N3/c1-5-6-7-12-13-14(17(4)16-12)11(10(2)3)8-9-15-13/h8-10H,5-7H2,1-4H3. The summed E-state index contributed by atoms with van der Waals surface area (Å²) in [5, 5.41) is 4.62. The van der Waals surface area contributed by atoms with E-state index in [2.05, 4.69) is 36.9 Å². The molecule has 0 N–H and O–H groups in total. The highest BCUT2D eigenvalue weighted by atomic mass is 15.3. The van der Waals surface area contributed by atoms with E-state index in [9.17, 15) is 0 Å². The predicted octanol–water partition coefficient (Wildman–Crippen LogP) is 3.43. The third-order valence-corrected chi connectivity index (χ3v) is 3.21. The molecule has 92 valence electrons. The summed E-state index contributed by atoms with van der Waals surface area (Å²) in [4.78, 5) is 4.51. The third-order valence-electron chi connectivity index (χ3n) is 3.21. The average molecular weight is 231 g/mol. The van der Waals surface area contributed by atoms with Gasteiger partial charge in [0.05, 0.1) is 11.2 Å². The molecule has 3 nitrogen and oxygen atoms in total. The normalized spacial score (nSPS) is 11.6. The van der Waals surface area contributed by atoms with Gasteiger partial charge in [-0.15, -0.1) is 0 Å². The van der Waals surface area contributed by atoms with Crippen molar-refractivity contribution in [3.05, 3.63) is 23.5 Å². The van der Waals surface area contributed by atoms with Crippen LogP contribution >= 0.6 is 0 Å². The Morgan fingerprint density at radius 1 is 1.35 bits per heavy atom. The summed E-state index contributed by atoms with van der Waals surface area (Å²) in [6.07, 6.45) is 5.32. The summed E-state index contributed by atoms with van der Waals surface area (Å²) >= 11 is 0. The van der Waals surface area contributed by atoms with Crippen LogP contribution in [0.15, 0.2) is 12.3 Å². The van der Waals surface area contributed by atoms with Gasteiger partial charge in [-0.2, -0.15) is 5.10 Å². The lowest BCUT2D eigenvalue weighted by Gasteiger charge is -2.07. The zero-order valence-electron chi connectivity index (χ0n) is 11.2. The van der Waals surface area contributed by atoms with Gasteiger partial charge in [0, 0.05) is 13.2 Å². The summed E-state index contributed by atoms with van der Waals surface area (Å²) in [5.74, 6) is 0.509. The number of aryl methyl sites for hydroxylation is 2. The maximum absolute atomic E-state index is 4.62. The van der Waals surface area contributed by atoms with Crippen LogP contribution in [0.25, 0.3) is 11.0 Å². The van der Waals surface area contributed by atoms with Gasteiger partial charge in [0.15, 0.2) is 0 Å². The van der Waals surface area contributed by atoms with Crippen molar-refractivity contribution in [2.45, 2.75) is 46.0 Å². The Morgan fingerprint density at radius 2 is 2.12 bits per heavy atom. The molecule has 0 bridgehead atoms. The van der Waals surface area contributed by atoms with E-state index in [1.54, 1.807) is 0 Å². The number of nitrogens with zero attached hydrogens (tertiary/aromatic N) is 3. The summed E-state index contributed by atoms with van der Waals surface area (Å²) in [7, 11) is 2.02. The molecule has 0 saturated heterocycles. The number of aromatic nitrogens is 3. The van der Waals surface area contributed by atoms with Crippen LogP contribution in [0.5, 0.6) is 0 Å². The van der Waals surface area contributed by atoms with Crippen molar-refractivity contribution in [1.29, 1.82) is 0 Å². The van der Waals surface area contributed by atoms with Crippen molar-refractivity contribution in [3.63, 3.8) is 0 Å². The molecule has 0 aliphatic carbocycles. The number of hydrogen-bond donors (Lipinski definition) is 0. The fourth-order valence-electron chi connectivity index (χ4n) is 2.28. The minimum Gasteiger partial charge on any atom is -0.266 e. The summed E-state index contributed by atoms with van der Waals surface area (Å²) in [5.41, 5.74) is 4.78. The molecule has 0 aromatic carbocycles. The van der Waals surface area contributed by atoms with Gasteiger partial charge in [0.1, 0.15) is 5.52 Å². The lowest BCUT2D eigenvalue weighted by Crippen LogP contribution is -1.96. The molecule has 0 saturated carbocycles. The zero-order valence-corrected chi connectivity index (χ0v) is 11.2. The van der Waals surface area contributed by atoms with Crippen LogP contribution in [0.1, 0.15) is 50.8 Å². The van der Waals surface area contributed by atoms with Crippen LogP contribution in [0.2, 0.25) is 0 Å². The Labute approximate surface area is 103 Å². The zero-order chi connectivity index (χ0) is 12.4. The smallest absolute Gasteiger partial charge is 0.112 e. The first-order valence-corrected chi connectivity index (χ1v) is 6.45. The Hall–Kier alpha value is -1.38. The fraction of sp³-hybridized carbons (Fsp3) is 0.571. The van der Waals surface area contributed by atoms with Crippen LogP contribution in [0, 0.1) is 0 Å². The van der Waals surface area contributed by atoms with Crippen molar-refractivity contribution < 1.29 is 0 Å². The molecule has 2 aromatic rings. The van der Waals surface area contributed by atoms with E-state index >= 15 is 0 Å². The van der Waals surface area contributed by atoms with E-state index in [4.69, 9.17) is 0 Å². The molecule has 2 aromatic heterocycles. The summed E-state index contributed by atoms with van der Waals surface area (Å²) in [6, 6.07) is 2.11. The first-order valence-electron chi connectivity index (χ1n) is 6.45. The number of hydrogen-bond acceptors (Lipinski definition) is 2. The van der Waals surface area contributed by atoms with Gasteiger partial charge in [-0.05, 0) is 30.4 Å². The summed E-state index contributed by atoms with van der Waals surface area (Å²) < 4.78 is 1.99. The Kier molecular flexibility index (Phi) is 3.46. The molecule has 0 atom stereocenters. The van der Waals surface area contributed by atoms with E-state index in [0.717, 1.165) is 17.6 Å². The van der Waals surface area contributed by atoms with E-state index in [-0.39, 0.29) is 0 Å². The quantitative estimate of drug-likeness (QED) is 0.807. The van der Waals surface area contributed by atoms with E-state index in [1.807, 2.05) is 17.9 Å². The third kappa shape index (κ3) is 2.19. The molecule has 0 fully saturated rings. The lowest BCUT2D eigenvalue weighted by molar-refractivity contribution is 0.722. The first-order chi connectivity index (χ1) is 8.15. The minimum atomic E-state index is 0.509. The molecule has 0 radical (unpaired) electrons. The Bertz CT molecular complexity index is 511. The SMILES string of the molecule is CCCCc1nn(C)c2c(C(C)C)ccnc12. The second-order valence-electron chi connectivity index (χ2n) is 4.93. The molecule has 2 rings (SSSR count). The maximum atomic E-state index is 4.62. The molecular weight excluding hydrogens is 210 g/mol. The highest BCUT2D eigenvalue weighted by Crippen LogP contribution is 2.26. The van der Waals surface area contributed by atoms with Gasteiger partial charge in [0.25, 0.3) is 0 Å². The largest absolute Gasteiger partial charge is 0.266 e. The number of fused-ring (bicyclic) bond motifs is 1. The van der Waals surface area contributed by atoms with Crippen LogP contribution in [0.4, 0.5) is 0 Å². The first kappa shape index (κ1) is 12.1. The van der Waals surface area contributed by atoms with Crippen molar-refractivity contribution in [2.75, 3.05) is 0 Å². The molecule has 0 aliphatic rings. The van der Waals surface area contributed by atoms with Crippen molar-refractivity contribution in [2.24, 2.45) is 7.05 Å². The van der Waals surface area contributed by atoms with Gasteiger partial charge in [-0.3, -0.25) is 9.67 Å². The molecule has 0 aliphatic heterocycles. The molecule has 0 amide bonds. The Morgan fingerprint density at radius 3 is 2.76 bits per heavy atom. The van der Waals surface area contributed by atoms with Gasteiger partial charge in [0.2, 0.25) is 0 Å². The van der Waals surface area contributed by atoms with Crippen LogP contribution < -0.4 is 0 Å². The van der Waals surface area contributed by atoms with Gasteiger partial charge in [-0.1, -0.05) is 27.2 Å². The number of pyridine rings is 1. The van der Waals surface area contributed by atoms with Crippen LogP contribution in [-0.2, 0) is 13.5 Å². The summed E-state index contributed by atoms with van der Waals surface area (Å²) in [6.45, 7) is 6.64. The van der Waals surface area contributed by atoms with E-state index in [0.29, 0.717) is 5.92 Å². The molecular formula is C14H21N3. The fourth-order valence-corrected chi connectivity index (χ4v) is 2.28. The van der Waals surface area contributed by atoms with Crippen molar-refractivity contribution in [3.8, 4) is 0 Å². The average Bonchev–Trinajstić information content (AvgIpc) is 2.64. The minimum absolute atomic E-state index is 0.509. The van der Waals surface area contributed by atoms with Crippen molar-refractivity contribution in [1.82, 2.24) is 14.8 Å². The predicted molar refractivity (Wildman–Crippen MR) is 71.2 cm³/mol. The van der Waals surface area contributed by atoms with Crippen LogP contribution in [-0.4, -0.2) is 14.8 Å². The van der Waals surface area contributed by atoms with Gasteiger partial charge < -0.3 is 0 Å². The second kappa shape index (κ2) is 4.86. The van der Waals surface area contributed by atoms with Gasteiger partial charge >= 0.3 is 0 Å². The molecule has 0 unspecified atom stereocenters. The Balaban J connectivity index is 2.56. The number of unbranched alkanes of at least 4 members (excludes halogenated alkanes) is 1. The molecule has 17 heavy (non-hydrogen) atoms. The number of rotatable bonds is 4. The molecule has 3 heteroatoms. The second-order valence-corrected chi connectivity index (χ2v) is 4.93. The van der Waals surface area contributed by atoms with Crippen molar-refractivity contribution >= 4 is 11.0 Å². The van der Waals surface area contributed by atoms with E-state index < -0.39 is 0 Å². The lowest BCUT2D eigenvalue weighted by atomic mass is 10.0. The van der Waals surface area contributed by atoms with Gasteiger partial charge in [-0.25, -0.2) is 0 Å². The maximum Gasteiger partial charge on any atom is 0.112 e. The highest BCUT2D eigenvalue weighted by Gasteiger charge is 2.14. The molecule has 2 heterocycles.